The summed E-state index contributed by atoms with van der Waals surface area (Å²) in [5, 5.41) is 0. The lowest BCUT2D eigenvalue weighted by Crippen LogP contribution is -1.95. The van der Waals surface area contributed by atoms with Crippen LogP contribution < -0.4 is 4.74 Å². The summed E-state index contributed by atoms with van der Waals surface area (Å²) >= 11 is 0. The molecule has 2 nitrogen and oxygen atoms in total. The summed E-state index contributed by atoms with van der Waals surface area (Å²) in [6, 6.07) is 13.0. The van der Waals surface area contributed by atoms with E-state index in [9.17, 15) is 9.18 Å². The first-order chi connectivity index (χ1) is 9.69. The molecule has 0 saturated heterocycles. The maximum atomic E-state index is 12.7. The highest BCUT2D eigenvalue weighted by atomic mass is 19.1. The SMILES string of the molecule is CCOc1ccc(C(=O)/C=C/c2ccc(F)cc2)cc1. The van der Waals surface area contributed by atoms with Crippen molar-refractivity contribution in [3.8, 4) is 5.75 Å². The van der Waals surface area contributed by atoms with Crippen molar-refractivity contribution in [2.45, 2.75) is 6.92 Å². The third kappa shape index (κ3) is 3.79. The van der Waals surface area contributed by atoms with Crippen molar-refractivity contribution in [1.82, 2.24) is 0 Å². The van der Waals surface area contributed by atoms with Crippen molar-refractivity contribution in [3.63, 3.8) is 0 Å². The molecule has 0 fully saturated rings. The monoisotopic (exact) mass is 270 g/mol. The molecule has 0 atom stereocenters. The Morgan fingerprint density at radius 1 is 1.10 bits per heavy atom. The molecule has 0 aliphatic carbocycles. The summed E-state index contributed by atoms with van der Waals surface area (Å²) in [7, 11) is 0. The fourth-order valence-electron chi connectivity index (χ4n) is 1.72. The first-order valence-electron chi connectivity index (χ1n) is 6.40. The second kappa shape index (κ2) is 6.66. The van der Waals surface area contributed by atoms with E-state index in [1.54, 1.807) is 42.5 Å². The number of halogens is 1. The van der Waals surface area contributed by atoms with Crippen molar-refractivity contribution in [2.75, 3.05) is 6.61 Å². The predicted octanol–water partition coefficient (Wildman–Crippen LogP) is 4.12. The summed E-state index contributed by atoms with van der Waals surface area (Å²) in [5.74, 6) is 0.351. The highest BCUT2D eigenvalue weighted by Crippen LogP contribution is 2.13. The smallest absolute Gasteiger partial charge is 0.185 e. The maximum absolute atomic E-state index is 12.7. The van der Waals surface area contributed by atoms with E-state index in [1.807, 2.05) is 6.92 Å². The molecule has 102 valence electrons. The topological polar surface area (TPSA) is 26.3 Å². The molecule has 0 amide bonds. The van der Waals surface area contributed by atoms with Crippen molar-refractivity contribution in [3.05, 3.63) is 71.6 Å². The van der Waals surface area contributed by atoms with Gasteiger partial charge >= 0.3 is 0 Å². The Kier molecular flexibility index (Phi) is 4.66. The van der Waals surface area contributed by atoms with Gasteiger partial charge in [0.2, 0.25) is 0 Å². The van der Waals surface area contributed by atoms with Gasteiger partial charge in [-0.1, -0.05) is 18.2 Å². The fraction of sp³-hybridized carbons (Fsp3) is 0.118. The Bertz CT molecular complexity index is 598. The molecule has 2 aromatic carbocycles. The third-order valence-corrected chi connectivity index (χ3v) is 2.75. The molecule has 0 aliphatic rings. The van der Waals surface area contributed by atoms with Crippen LogP contribution in [0.3, 0.4) is 0 Å². The lowest BCUT2D eigenvalue weighted by atomic mass is 10.1. The number of ketones is 1. The lowest BCUT2D eigenvalue weighted by Gasteiger charge is -2.02. The van der Waals surface area contributed by atoms with Crippen LogP contribution in [0.2, 0.25) is 0 Å². The minimum absolute atomic E-state index is 0.0997. The average molecular weight is 270 g/mol. The molecule has 2 aromatic rings. The number of carbonyl (C=O) groups is 1. The summed E-state index contributed by atoms with van der Waals surface area (Å²) in [6.07, 6.45) is 3.14. The molecular weight excluding hydrogens is 255 g/mol. The van der Waals surface area contributed by atoms with Gasteiger partial charge in [0.1, 0.15) is 11.6 Å². The number of allylic oxidation sites excluding steroid dienone is 1. The molecule has 0 radical (unpaired) electrons. The zero-order valence-corrected chi connectivity index (χ0v) is 11.2. The third-order valence-electron chi connectivity index (χ3n) is 2.75. The van der Waals surface area contributed by atoms with Gasteiger partial charge in [-0.25, -0.2) is 4.39 Å². The molecule has 0 heterocycles. The first kappa shape index (κ1) is 14.0. The van der Waals surface area contributed by atoms with Gasteiger partial charge in [-0.2, -0.15) is 0 Å². The van der Waals surface area contributed by atoms with E-state index in [0.29, 0.717) is 12.2 Å². The molecule has 0 aliphatic heterocycles. The predicted molar refractivity (Wildman–Crippen MR) is 77.4 cm³/mol. The number of hydrogen-bond donors (Lipinski definition) is 0. The fourth-order valence-corrected chi connectivity index (χ4v) is 1.72. The van der Waals surface area contributed by atoms with E-state index in [0.717, 1.165) is 11.3 Å². The molecule has 3 heteroatoms. The van der Waals surface area contributed by atoms with Gasteiger partial charge in [0.15, 0.2) is 5.78 Å². The summed E-state index contributed by atoms with van der Waals surface area (Å²) < 4.78 is 18.1. The van der Waals surface area contributed by atoms with Crippen molar-refractivity contribution < 1.29 is 13.9 Å². The highest BCUT2D eigenvalue weighted by Gasteiger charge is 2.02. The second-order valence-electron chi connectivity index (χ2n) is 4.21. The molecule has 2 rings (SSSR count). The molecule has 20 heavy (non-hydrogen) atoms. The van der Waals surface area contributed by atoms with Gasteiger partial charge in [0, 0.05) is 5.56 Å². The van der Waals surface area contributed by atoms with Gasteiger partial charge < -0.3 is 4.74 Å². The summed E-state index contributed by atoms with van der Waals surface area (Å²) in [5.41, 5.74) is 1.37. The molecule has 0 unspecified atom stereocenters. The van der Waals surface area contributed by atoms with E-state index in [4.69, 9.17) is 4.74 Å². The Morgan fingerprint density at radius 3 is 2.35 bits per heavy atom. The Balaban J connectivity index is 2.05. The van der Waals surface area contributed by atoms with Crippen molar-refractivity contribution >= 4 is 11.9 Å². The van der Waals surface area contributed by atoms with Gasteiger partial charge in [0.05, 0.1) is 6.61 Å². The van der Waals surface area contributed by atoms with E-state index in [2.05, 4.69) is 0 Å². The van der Waals surface area contributed by atoms with Crippen LogP contribution >= 0.6 is 0 Å². The Labute approximate surface area is 117 Å². The van der Waals surface area contributed by atoms with Crippen LogP contribution in [-0.4, -0.2) is 12.4 Å². The van der Waals surface area contributed by atoms with Crippen LogP contribution in [0.15, 0.2) is 54.6 Å². The Hall–Kier alpha value is -2.42. The number of rotatable bonds is 5. The summed E-state index contributed by atoms with van der Waals surface area (Å²) in [6.45, 7) is 2.50. The zero-order chi connectivity index (χ0) is 14.4. The lowest BCUT2D eigenvalue weighted by molar-refractivity contribution is 0.104. The molecule has 0 N–H and O–H groups in total. The van der Waals surface area contributed by atoms with Gasteiger partial charge in [-0.15, -0.1) is 0 Å². The zero-order valence-electron chi connectivity index (χ0n) is 11.2. The Morgan fingerprint density at radius 2 is 1.75 bits per heavy atom. The van der Waals surface area contributed by atoms with Gasteiger partial charge in [-0.05, 0) is 55.0 Å². The van der Waals surface area contributed by atoms with E-state index in [-0.39, 0.29) is 11.6 Å². The second-order valence-corrected chi connectivity index (χ2v) is 4.21. The molecule has 0 spiro atoms. The van der Waals surface area contributed by atoms with Crippen molar-refractivity contribution in [2.24, 2.45) is 0 Å². The van der Waals surface area contributed by atoms with Gasteiger partial charge in [0.25, 0.3) is 0 Å². The first-order valence-corrected chi connectivity index (χ1v) is 6.40. The van der Waals surface area contributed by atoms with Crippen LogP contribution in [0.5, 0.6) is 5.75 Å². The van der Waals surface area contributed by atoms with E-state index < -0.39 is 0 Å². The molecule has 0 saturated carbocycles. The molecule has 0 aromatic heterocycles. The summed E-state index contributed by atoms with van der Waals surface area (Å²) in [4.78, 5) is 12.0. The van der Waals surface area contributed by atoms with Crippen LogP contribution in [0.25, 0.3) is 6.08 Å². The van der Waals surface area contributed by atoms with Gasteiger partial charge in [-0.3, -0.25) is 4.79 Å². The van der Waals surface area contributed by atoms with Crippen LogP contribution in [0.4, 0.5) is 4.39 Å². The van der Waals surface area contributed by atoms with E-state index >= 15 is 0 Å². The average Bonchev–Trinajstić information content (AvgIpc) is 2.47. The van der Waals surface area contributed by atoms with Crippen LogP contribution in [-0.2, 0) is 0 Å². The molecular formula is C17H15FO2. The molecule has 0 bridgehead atoms. The maximum Gasteiger partial charge on any atom is 0.185 e. The minimum atomic E-state index is -0.292. The van der Waals surface area contributed by atoms with Crippen molar-refractivity contribution in [1.29, 1.82) is 0 Å². The number of hydrogen-bond acceptors (Lipinski definition) is 2. The number of ether oxygens (including phenoxy) is 1. The number of carbonyl (C=O) groups excluding carboxylic acids is 1. The quantitative estimate of drug-likeness (QED) is 0.603. The normalized spacial score (nSPS) is 10.7. The van der Waals surface area contributed by atoms with Crippen LogP contribution in [0.1, 0.15) is 22.8 Å². The van der Waals surface area contributed by atoms with E-state index in [1.165, 1.54) is 18.2 Å². The minimum Gasteiger partial charge on any atom is -0.494 e. The van der Waals surface area contributed by atoms with Crippen LogP contribution in [0, 0.1) is 5.82 Å². The largest absolute Gasteiger partial charge is 0.494 e. The number of benzene rings is 2. The standard InChI is InChI=1S/C17H15FO2/c1-2-20-16-10-6-14(7-11-16)17(19)12-5-13-3-8-15(18)9-4-13/h3-12H,2H2,1H3/b12-5+. The highest BCUT2D eigenvalue weighted by molar-refractivity contribution is 6.06.